The van der Waals surface area contributed by atoms with E-state index < -0.39 is 17.4 Å². The molecule has 186 valence electrons. The predicted molar refractivity (Wildman–Crippen MR) is 151 cm³/mol. The Labute approximate surface area is 215 Å². The van der Waals surface area contributed by atoms with Crippen molar-refractivity contribution in [2.75, 3.05) is 24.3 Å². The standard InChI is InChI=1S/C31H29N3O3/c1-33(2)22-17-15-21(16-18-22)26(32-25-13-8-10-20-9-4-5-11-23(20)25)19-28(35)29-30(36)24-12-6-7-14-27(24)34(3)31(29)37/h4-18,26,32,36H,19H2,1-3H3/t26-/m0/s1. The van der Waals surface area contributed by atoms with E-state index in [1.807, 2.05) is 85.7 Å². The molecule has 0 fully saturated rings. The summed E-state index contributed by atoms with van der Waals surface area (Å²) in [5.41, 5.74) is 2.72. The van der Waals surface area contributed by atoms with Crippen molar-refractivity contribution in [3.63, 3.8) is 0 Å². The van der Waals surface area contributed by atoms with Crippen LogP contribution in [0.3, 0.4) is 0 Å². The van der Waals surface area contributed by atoms with Crippen LogP contribution in [0, 0.1) is 0 Å². The molecule has 0 saturated carbocycles. The first-order valence-electron chi connectivity index (χ1n) is 12.2. The van der Waals surface area contributed by atoms with E-state index in [2.05, 4.69) is 5.32 Å². The van der Waals surface area contributed by atoms with Crippen molar-refractivity contribution in [1.29, 1.82) is 0 Å². The topological polar surface area (TPSA) is 74.6 Å². The van der Waals surface area contributed by atoms with Crippen LogP contribution >= 0.6 is 0 Å². The molecule has 5 rings (SSSR count). The summed E-state index contributed by atoms with van der Waals surface area (Å²) in [7, 11) is 5.57. The highest BCUT2D eigenvalue weighted by molar-refractivity contribution is 6.04. The third kappa shape index (κ3) is 4.54. The predicted octanol–water partition coefficient (Wildman–Crippen LogP) is 5.89. The number of ketones is 1. The molecule has 1 heterocycles. The molecule has 0 saturated heterocycles. The van der Waals surface area contributed by atoms with Gasteiger partial charge < -0.3 is 19.9 Å². The number of aryl methyl sites for hydroxylation is 1. The number of fused-ring (bicyclic) bond motifs is 2. The number of carbonyl (C=O) groups excluding carboxylic acids is 1. The van der Waals surface area contributed by atoms with Crippen LogP contribution in [0.1, 0.15) is 28.4 Å². The number of para-hydroxylation sites is 1. The van der Waals surface area contributed by atoms with Crippen LogP contribution in [0.25, 0.3) is 21.7 Å². The molecule has 6 heteroatoms. The fraction of sp³-hybridized carbons (Fsp3) is 0.161. The molecule has 0 unspecified atom stereocenters. The smallest absolute Gasteiger partial charge is 0.265 e. The van der Waals surface area contributed by atoms with E-state index in [4.69, 9.17) is 0 Å². The molecule has 37 heavy (non-hydrogen) atoms. The van der Waals surface area contributed by atoms with Gasteiger partial charge in [-0.1, -0.05) is 60.7 Å². The molecule has 6 nitrogen and oxygen atoms in total. The van der Waals surface area contributed by atoms with Crippen LogP contribution in [-0.2, 0) is 7.05 Å². The van der Waals surface area contributed by atoms with Crippen molar-refractivity contribution < 1.29 is 9.90 Å². The summed E-state index contributed by atoms with van der Waals surface area (Å²) in [5, 5.41) is 17.1. The van der Waals surface area contributed by atoms with Gasteiger partial charge in [0, 0.05) is 49.7 Å². The number of aromatic nitrogens is 1. The number of rotatable bonds is 7. The lowest BCUT2D eigenvalue weighted by atomic mass is 9.96. The maximum Gasteiger partial charge on any atom is 0.265 e. The molecular weight excluding hydrogens is 462 g/mol. The number of hydrogen-bond donors (Lipinski definition) is 2. The zero-order valence-corrected chi connectivity index (χ0v) is 21.1. The first-order valence-corrected chi connectivity index (χ1v) is 12.2. The van der Waals surface area contributed by atoms with E-state index >= 15 is 0 Å². The number of anilines is 2. The van der Waals surface area contributed by atoms with Gasteiger partial charge in [0.25, 0.3) is 5.56 Å². The Bertz CT molecular complexity index is 1660. The lowest BCUT2D eigenvalue weighted by Crippen LogP contribution is -2.26. The normalized spacial score (nSPS) is 12.0. The van der Waals surface area contributed by atoms with Crippen molar-refractivity contribution in [3.8, 4) is 5.75 Å². The van der Waals surface area contributed by atoms with Gasteiger partial charge in [0.05, 0.1) is 11.6 Å². The average molecular weight is 492 g/mol. The van der Waals surface area contributed by atoms with Gasteiger partial charge in [-0.2, -0.15) is 0 Å². The van der Waals surface area contributed by atoms with Gasteiger partial charge in [-0.15, -0.1) is 0 Å². The molecule has 4 aromatic carbocycles. The average Bonchev–Trinajstić information content (AvgIpc) is 2.92. The molecule has 5 aromatic rings. The lowest BCUT2D eigenvalue weighted by Gasteiger charge is -2.22. The molecule has 0 aliphatic carbocycles. The Morgan fingerprint density at radius 3 is 2.27 bits per heavy atom. The van der Waals surface area contributed by atoms with E-state index in [0.717, 1.165) is 27.7 Å². The van der Waals surface area contributed by atoms with E-state index in [1.165, 1.54) is 4.57 Å². The van der Waals surface area contributed by atoms with Crippen LogP contribution in [0.4, 0.5) is 11.4 Å². The number of nitrogens with one attached hydrogen (secondary N) is 1. The van der Waals surface area contributed by atoms with E-state index in [0.29, 0.717) is 10.9 Å². The molecule has 0 spiro atoms. The molecule has 1 atom stereocenters. The second kappa shape index (κ2) is 9.82. The van der Waals surface area contributed by atoms with Gasteiger partial charge in [0.15, 0.2) is 5.78 Å². The minimum atomic E-state index is -0.506. The molecule has 0 aliphatic heterocycles. The number of aromatic hydroxyl groups is 1. The summed E-state index contributed by atoms with van der Waals surface area (Å²) in [6.45, 7) is 0. The summed E-state index contributed by atoms with van der Waals surface area (Å²) in [5.74, 6) is -0.686. The summed E-state index contributed by atoms with van der Waals surface area (Å²) in [6.07, 6.45) is -0.00826. The van der Waals surface area contributed by atoms with Crippen molar-refractivity contribution in [2.45, 2.75) is 12.5 Å². The fourth-order valence-corrected chi connectivity index (χ4v) is 4.81. The highest BCUT2D eigenvalue weighted by Crippen LogP contribution is 2.32. The highest BCUT2D eigenvalue weighted by atomic mass is 16.3. The summed E-state index contributed by atoms with van der Waals surface area (Å²) in [4.78, 5) is 28.9. The summed E-state index contributed by atoms with van der Waals surface area (Å²) < 4.78 is 1.42. The molecule has 0 bridgehead atoms. The third-order valence-corrected chi connectivity index (χ3v) is 6.88. The first kappa shape index (κ1) is 24.1. The van der Waals surface area contributed by atoms with Crippen LogP contribution in [-0.4, -0.2) is 29.6 Å². The molecule has 0 amide bonds. The second-order valence-electron chi connectivity index (χ2n) is 9.44. The number of Topliss-reactive ketones (excluding diaryl/α,β-unsaturated/α-hetero) is 1. The minimum Gasteiger partial charge on any atom is -0.506 e. The quantitative estimate of drug-likeness (QED) is 0.278. The monoisotopic (exact) mass is 491 g/mol. The van der Waals surface area contributed by atoms with Crippen molar-refractivity contribution in [2.24, 2.45) is 7.05 Å². The van der Waals surface area contributed by atoms with E-state index in [-0.39, 0.29) is 17.7 Å². The van der Waals surface area contributed by atoms with Crippen molar-refractivity contribution in [3.05, 3.63) is 112 Å². The van der Waals surface area contributed by atoms with Crippen LogP contribution in [0.15, 0.2) is 95.8 Å². The molecule has 0 radical (unpaired) electrons. The van der Waals surface area contributed by atoms with Crippen molar-refractivity contribution in [1.82, 2.24) is 4.57 Å². The largest absolute Gasteiger partial charge is 0.506 e. The molecule has 0 aliphatic rings. The number of benzene rings is 4. The Morgan fingerprint density at radius 1 is 0.892 bits per heavy atom. The fourth-order valence-electron chi connectivity index (χ4n) is 4.81. The Morgan fingerprint density at radius 2 is 1.54 bits per heavy atom. The zero-order valence-electron chi connectivity index (χ0n) is 21.1. The Hall–Kier alpha value is -4.58. The third-order valence-electron chi connectivity index (χ3n) is 6.88. The second-order valence-corrected chi connectivity index (χ2v) is 9.44. The maximum absolute atomic E-state index is 13.7. The van der Waals surface area contributed by atoms with Crippen LogP contribution < -0.4 is 15.8 Å². The Balaban J connectivity index is 1.57. The molecule has 2 N–H and O–H groups in total. The minimum absolute atomic E-state index is 0.00826. The number of hydrogen-bond acceptors (Lipinski definition) is 5. The van der Waals surface area contributed by atoms with Gasteiger partial charge in [-0.25, -0.2) is 0 Å². The number of carbonyl (C=O) groups is 1. The Kier molecular flexibility index (Phi) is 6.40. The van der Waals surface area contributed by atoms with Gasteiger partial charge in [0.2, 0.25) is 0 Å². The van der Waals surface area contributed by atoms with Gasteiger partial charge >= 0.3 is 0 Å². The first-order chi connectivity index (χ1) is 17.8. The summed E-state index contributed by atoms with van der Waals surface area (Å²) in [6, 6.07) is 28.7. The zero-order chi connectivity index (χ0) is 26.1. The highest BCUT2D eigenvalue weighted by Gasteiger charge is 2.25. The van der Waals surface area contributed by atoms with Gasteiger partial charge in [-0.05, 0) is 41.3 Å². The molecular formula is C31H29N3O3. The number of pyridine rings is 1. The lowest BCUT2D eigenvalue weighted by molar-refractivity contribution is 0.0972. The van der Waals surface area contributed by atoms with Crippen LogP contribution in [0.2, 0.25) is 0 Å². The van der Waals surface area contributed by atoms with Gasteiger partial charge in [0.1, 0.15) is 11.3 Å². The SMILES string of the molecule is CN(C)c1ccc([C@H](CC(=O)c2c(O)c3ccccc3n(C)c2=O)Nc2cccc3ccccc23)cc1. The van der Waals surface area contributed by atoms with Crippen molar-refractivity contribution >= 4 is 38.8 Å². The molecule has 1 aromatic heterocycles. The van der Waals surface area contributed by atoms with Gasteiger partial charge in [-0.3, -0.25) is 9.59 Å². The number of nitrogens with zero attached hydrogens (tertiary/aromatic N) is 2. The summed E-state index contributed by atoms with van der Waals surface area (Å²) >= 11 is 0. The van der Waals surface area contributed by atoms with E-state index in [1.54, 1.807) is 31.3 Å². The van der Waals surface area contributed by atoms with E-state index in [9.17, 15) is 14.7 Å². The maximum atomic E-state index is 13.7. The van der Waals surface area contributed by atoms with Crippen LogP contribution in [0.5, 0.6) is 5.75 Å².